The molecule has 1 saturated heterocycles. The van der Waals surface area contributed by atoms with Crippen LogP contribution in [0.3, 0.4) is 0 Å². The van der Waals surface area contributed by atoms with E-state index in [0.29, 0.717) is 6.04 Å². The fourth-order valence-electron chi connectivity index (χ4n) is 2.10. The molecular weight excluding hydrogens is 218 g/mol. The molecule has 0 spiro atoms. The Morgan fingerprint density at radius 2 is 2.06 bits per heavy atom. The maximum atomic E-state index is 12.1. The van der Waals surface area contributed by atoms with Gasteiger partial charge in [0.15, 0.2) is 0 Å². The summed E-state index contributed by atoms with van der Waals surface area (Å²) in [5, 5.41) is 3.88. The van der Waals surface area contributed by atoms with Gasteiger partial charge in [-0.25, -0.2) is 9.78 Å². The van der Waals surface area contributed by atoms with Gasteiger partial charge in [0.25, 0.3) is 0 Å². The summed E-state index contributed by atoms with van der Waals surface area (Å²) >= 11 is 0. The lowest BCUT2D eigenvalue weighted by molar-refractivity contribution is 0.192. The van der Waals surface area contributed by atoms with Gasteiger partial charge < -0.3 is 4.90 Å². The van der Waals surface area contributed by atoms with Crippen molar-refractivity contribution in [2.24, 2.45) is 0 Å². The average molecular weight is 237 g/mol. The van der Waals surface area contributed by atoms with Gasteiger partial charge in [0.2, 0.25) is 0 Å². The van der Waals surface area contributed by atoms with Crippen LogP contribution < -0.4 is 0 Å². The fourth-order valence-corrected chi connectivity index (χ4v) is 2.10. The Morgan fingerprint density at radius 3 is 2.71 bits per heavy atom. The molecule has 0 saturated carbocycles. The van der Waals surface area contributed by atoms with Crippen LogP contribution in [0.25, 0.3) is 0 Å². The third-order valence-corrected chi connectivity index (χ3v) is 3.15. The van der Waals surface area contributed by atoms with Crippen molar-refractivity contribution in [3.63, 3.8) is 0 Å². The number of amides is 1. The largest absolute Gasteiger partial charge is 0.346 e. The minimum absolute atomic E-state index is 0.0758. The molecule has 6 nitrogen and oxygen atoms in total. The Hall–Kier alpha value is -1.43. The van der Waals surface area contributed by atoms with Gasteiger partial charge in [-0.15, -0.1) is 0 Å². The minimum Gasteiger partial charge on any atom is -0.321 e. The van der Waals surface area contributed by atoms with Crippen molar-refractivity contribution in [3.8, 4) is 0 Å². The van der Waals surface area contributed by atoms with E-state index in [1.165, 1.54) is 17.3 Å². The van der Waals surface area contributed by atoms with E-state index in [-0.39, 0.29) is 6.03 Å². The van der Waals surface area contributed by atoms with Gasteiger partial charge in [0.1, 0.15) is 12.7 Å². The molecule has 0 aliphatic carbocycles. The highest BCUT2D eigenvalue weighted by molar-refractivity contribution is 5.75. The van der Waals surface area contributed by atoms with E-state index in [2.05, 4.69) is 28.8 Å². The lowest BCUT2D eigenvalue weighted by Gasteiger charge is -2.24. The summed E-state index contributed by atoms with van der Waals surface area (Å²) in [4.78, 5) is 20.1. The number of carbonyl (C=O) groups is 1. The lowest BCUT2D eigenvalue weighted by atomic mass is 10.3. The second-order valence-corrected chi connectivity index (χ2v) is 4.59. The van der Waals surface area contributed by atoms with E-state index in [1.807, 2.05) is 4.90 Å². The molecule has 1 aliphatic rings. The molecule has 6 heteroatoms. The monoisotopic (exact) mass is 237 g/mol. The predicted molar refractivity (Wildman–Crippen MR) is 63.7 cm³/mol. The first kappa shape index (κ1) is 12.0. The molecule has 0 unspecified atom stereocenters. The van der Waals surface area contributed by atoms with Crippen molar-refractivity contribution in [2.45, 2.75) is 26.3 Å². The van der Waals surface area contributed by atoms with Crippen molar-refractivity contribution < 1.29 is 4.79 Å². The van der Waals surface area contributed by atoms with Gasteiger partial charge in [-0.05, 0) is 20.3 Å². The number of aromatic nitrogens is 3. The summed E-state index contributed by atoms with van der Waals surface area (Å²) in [6.07, 6.45) is 3.85. The second kappa shape index (κ2) is 5.27. The molecule has 2 rings (SSSR count). The van der Waals surface area contributed by atoms with Gasteiger partial charge in [-0.2, -0.15) is 9.78 Å². The summed E-state index contributed by atoms with van der Waals surface area (Å²) in [5.74, 6) is 0. The molecule has 0 aromatic carbocycles. The number of hydrogen-bond acceptors (Lipinski definition) is 4. The molecule has 1 amide bonds. The topological polar surface area (TPSA) is 54.3 Å². The Balaban J connectivity index is 1.97. The molecule has 0 radical (unpaired) electrons. The van der Waals surface area contributed by atoms with E-state index < -0.39 is 0 Å². The highest BCUT2D eigenvalue weighted by Gasteiger charge is 2.21. The van der Waals surface area contributed by atoms with Gasteiger partial charge >= 0.3 is 6.03 Å². The van der Waals surface area contributed by atoms with Gasteiger partial charge in [0, 0.05) is 32.2 Å². The first-order valence-electron chi connectivity index (χ1n) is 6.06. The van der Waals surface area contributed by atoms with Crippen LogP contribution in [0, 0.1) is 0 Å². The Bertz CT molecular complexity index is 362. The van der Waals surface area contributed by atoms with E-state index in [9.17, 15) is 4.79 Å². The highest BCUT2D eigenvalue weighted by Crippen LogP contribution is 2.07. The minimum atomic E-state index is -0.0758. The van der Waals surface area contributed by atoms with Crippen molar-refractivity contribution >= 4 is 6.03 Å². The average Bonchev–Trinajstić information content (AvgIpc) is 2.71. The predicted octanol–water partition coefficient (Wildman–Crippen LogP) is 0.662. The van der Waals surface area contributed by atoms with E-state index in [4.69, 9.17) is 0 Å². The van der Waals surface area contributed by atoms with Crippen LogP contribution in [0.1, 0.15) is 20.3 Å². The lowest BCUT2D eigenvalue weighted by Crippen LogP contribution is -2.39. The van der Waals surface area contributed by atoms with Gasteiger partial charge in [0.05, 0.1) is 0 Å². The van der Waals surface area contributed by atoms with Crippen LogP contribution in [0.2, 0.25) is 0 Å². The molecule has 0 atom stereocenters. The van der Waals surface area contributed by atoms with Crippen LogP contribution in [0.15, 0.2) is 12.7 Å². The summed E-state index contributed by atoms with van der Waals surface area (Å²) in [6.45, 7) is 7.92. The van der Waals surface area contributed by atoms with Crippen molar-refractivity contribution in [3.05, 3.63) is 12.7 Å². The van der Waals surface area contributed by atoms with Crippen molar-refractivity contribution in [1.82, 2.24) is 24.6 Å². The van der Waals surface area contributed by atoms with Crippen molar-refractivity contribution in [1.29, 1.82) is 0 Å². The smallest absolute Gasteiger partial charge is 0.321 e. The number of rotatable bonds is 1. The zero-order valence-corrected chi connectivity index (χ0v) is 10.4. The first-order valence-corrected chi connectivity index (χ1v) is 6.06. The zero-order valence-electron chi connectivity index (χ0n) is 10.4. The normalized spacial score (nSPS) is 18.4. The summed E-state index contributed by atoms with van der Waals surface area (Å²) in [5.41, 5.74) is 0. The summed E-state index contributed by atoms with van der Waals surface area (Å²) in [7, 11) is 0. The third-order valence-electron chi connectivity index (χ3n) is 3.15. The van der Waals surface area contributed by atoms with Crippen LogP contribution in [-0.4, -0.2) is 62.8 Å². The molecule has 0 bridgehead atoms. The highest BCUT2D eigenvalue weighted by atomic mass is 16.2. The molecule has 0 N–H and O–H groups in total. The third kappa shape index (κ3) is 2.82. The Kier molecular flexibility index (Phi) is 3.73. The maximum Gasteiger partial charge on any atom is 0.346 e. The van der Waals surface area contributed by atoms with Crippen LogP contribution >= 0.6 is 0 Å². The molecule has 17 heavy (non-hydrogen) atoms. The fraction of sp³-hybridized carbons (Fsp3) is 0.727. The van der Waals surface area contributed by atoms with Crippen LogP contribution in [0.4, 0.5) is 4.79 Å². The summed E-state index contributed by atoms with van der Waals surface area (Å²) < 4.78 is 1.30. The molecule has 94 valence electrons. The number of hydrogen-bond donors (Lipinski definition) is 0. The quantitative estimate of drug-likeness (QED) is 0.720. The standard InChI is InChI=1S/C11H19N5O/c1-10(2)14-4-3-5-15(7-6-14)11(17)16-9-12-8-13-16/h8-10H,3-7H2,1-2H3. The molecule has 1 aromatic heterocycles. The second-order valence-electron chi connectivity index (χ2n) is 4.59. The summed E-state index contributed by atoms with van der Waals surface area (Å²) in [6, 6.07) is 0.463. The van der Waals surface area contributed by atoms with Crippen LogP contribution in [-0.2, 0) is 0 Å². The Labute approximate surface area is 101 Å². The van der Waals surface area contributed by atoms with E-state index in [0.717, 1.165) is 32.6 Å². The van der Waals surface area contributed by atoms with Gasteiger partial charge in [-0.1, -0.05) is 0 Å². The van der Waals surface area contributed by atoms with Crippen LogP contribution in [0.5, 0.6) is 0 Å². The number of carbonyl (C=O) groups excluding carboxylic acids is 1. The maximum absolute atomic E-state index is 12.1. The van der Waals surface area contributed by atoms with Gasteiger partial charge in [-0.3, -0.25) is 4.90 Å². The SMILES string of the molecule is CC(C)N1CCCN(C(=O)n2cncn2)CC1. The molecule has 1 aliphatic heterocycles. The first-order chi connectivity index (χ1) is 8.18. The van der Waals surface area contributed by atoms with Crippen molar-refractivity contribution in [2.75, 3.05) is 26.2 Å². The molecule has 2 heterocycles. The number of nitrogens with zero attached hydrogens (tertiary/aromatic N) is 5. The zero-order chi connectivity index (χ0) is 12.3. The Morgan fingerprint density at radius 1 is 1.24 bits per heavy atom. The van der Waals surface area contributed by atoms with E-state index >= 15 is 0 Å². The molecule has 1 aromatic rings. The molecule has 1 fully saturated rings. The molecular formula is C11H19N5O. The van der Waals surface area contributed by atoms with E-state index in [1.54, 1.807) is 0 Å².